The standard InChI is InChI=1S/C11H9Cl2NO3/c12-8-3-6-4-14(5-15)2-1-7(6)10(13)9(8)11(16)17/h3,5H,1-2,4H2,(H,16,17). The number of rotatable bonds is 2. The summed E-state index contributed by atoms with van der Waals surface area (Å²) in [5, 5.41) is 9.30. The number of hydrogen-bond acceptors (Lipinski definition) is 2. The van der Waals surface area contributed by atoms with Gasteiger partial charge in [0.2, 0.25) is 6.41 Å². The largest absolute Gasteiger partial charge is 0.478 e. The molecule has 1 N–H and O–H groups in total. The van der Waals surface area contributed by atoms with Gasteiger partial charge in [0.15, 0.2) is 0 Å². The average molecular weight is 274 g/mol. The van der Waals surface area contributed by atoms with Gasteiger partial charge in [0.25, 0.3) is 0 Å². The van der Waals surface area contributed by atoms with Crippen LogP contribution in [0.4, 0.5) is 0 Å². The fourth-order valence-corrected chi connectivity index (χ4v) is 2.71. The van der Waals surface area contributed by atoms with Gasteiger partial charge in [0, 0.05) is 13.1 Å². The molecule has 0 aliphatic carbocycles. The van der Waals surface area contributed by atoms with E-state index in [1.54, 1.807) is 11.0 Å². The number of carbonyl (C=O) groups is 2. The van der Waals surface area contributed by atoms with E-state index in [9.17, 15) is 9.59 Å². The maximum atomic E-state index is 11.0. The monoisotopic (exact) mass is 273 g/mol. The quantitative estimate of drug-likeness (QED) is 0.841. The van der Waals surface area contributed by atoms with Crippen LogP contribution in [0.15, 0.2) is 6.07 Å². The van der Waals surface area contributed by atoms with Gasteiger partial charge in [-0.2, -0.15) is 0 Å². The Morgan fingerprint density at radius 3 is 2.76 bits per heavy atom. The van der Waals surface area contributed by atoms with Crippen molar-refractivity contribution in [2.45, 2.75) is 13.0 Å². The van der Waals surface area contributed by atoms with Crippen LogP contribution in [0.3, 0.4) is 0 Å². The summed E-state index contributed by atoms with van der Waals surface area (Å²) < 4.78 is 0. The first-order valence-electron chi connectivity index (χ1n) is 4.97. The van der Waals surface area contributed by atoms with E-state index < -0.39 is 5.97 Å². The maximum Gasteiger partial charge on any atom is 0.338 e. The lowest BCUT2D eigenvalue weighted by molar-refractivity contribution is -0.118. The molecule has 1 aromatic carbocycles. The van der Waals surface area contributed by atoms with Crippen LogP contribution in [0.1, 0.15) is 21.5 Å². The van der Waals surface area contributed by atoms with E-state index in [2.05, 4.69) is 0 Å². The molecule has 1 aliphatic heterocycles. The molecule has 0 unspecified atom stereocenters. The second kappa shape index (κ2) is 4.55. The normalized spacial score (nSPS) is 14.4. The van der Waals surface area contributed by atoms with Crippen molar-refractivity contribution in [1.29, 1.82) is 0 Å². The highest BCUT2D eigenvalue weighted by Gasteiger charge is 2.24. The molecule has 90 valence electrons. The Morgan fingerprint density at radius 2 is 2.18 bits per heavy atom. The fourth-order valence-electron chi connectivity index (χ4n) is 1.96. The summed E-state index contributed by atoms with van der Waals surface area (Å²) in [6.45, 7) is 0.953. The second-order valence-corrected chi connectivity index (χ2v) is 4.60. The van der Waals surface area contributed by atoms with Crippen molar-refractivity contribution in [3.05, 3.63) is 32.8 Å². The molecule has 0 radical (unpaired) electrons. The summed E-state index contributed by atoms with van der Waals surface area (Å²) in [5.74, 6) is -1.14. The van der Waals surface area contributed by atoms with Gasteiger partial charge in [0.1, 0.15) is 0 Å². The van der Waals surface area contributed by atoms with E-state index in [0.29, 0.717) is 19.5 Å². The van der Waals surface area contributed by atoms with Gasteiger partial charge in [0.05, 0.1) is 15.6 Å². The third-order valence-corrected chi connectivity index (χ3v) is 3.51. The topological polar surface area (TPSA) is 57.6 Å². The maximum absolute atomic E-state index is 11.0. The Morgan fingerprint density at radius 1 is 1.47 bits per heavy atom. The van der Waals surface area contributed by atoms with Crippen LogP contribution in [0.25, 0.3) is 0 Å². The SMILES string of the molecule is O=CN1CCc2c(cc(Cl)c(C(=O)O)c2Cl)C1. The number of carbonyl (C=O) groups excluding carboxylic acids is 1. The highest BCUT2D eigenvalue weighted by atomic mass is 35.5. The molecule has 0 saturated carbocycles. The van der Waals surface area contributed by atoms with Gasteiger partial charge in [-0.15, -0.1) is 0 Å². The van der Waals surface area contributed by atoms with Gasteiger partial charge in [-0.1, -0.05) is 23.2 Å². The lowest BCUT2D eigenvalue weighted by Gasteiger charge is -2.26. The van der Waals surface area contributed by atoms with Crippen LogP contribution < -0.4 is 0 Å². The Hall–Kier alpha value is -1.26. The van der Waals surface area contributed by atoms with Crippen LogP contribution in [0.5, 0.6) is 0 Å². The predicted molar refractivity (Wildman–Crippen MR) is 63.6 cm³/mol. The van der Waals surface area contributed by atoms with Gasteiger partial charge >= 0.3 is 5.97 Å². The highest BCUT2D eigenvalue weighted by molar-refractivity contribution is 6.39. The molecule has 17 heavy (non-hydrogen) atoms. The smallest absolute Gasteiger partial charge is 0.338 e. The van der Waals surface area contributed by atoms with Crippen LogP contribution in [0.2, 0.25) is 10.0 Å². The van der Waals surface area contributed by atoms with Crippen LogP contribution in [-0.4, -0.2) is 28.9 Å². The molecule has 0 bridgehead atoms. The zero-order valence-corrected chi connectivity index (χ0v) is 10.3. The summed E-state index contributed by atoms with van der Waals surface area (Å²) in [6, 6.07) is 1.57. The molecule has 0 aromatic heterocycles. The molecule has 0 spiro atoms. The van der Waals surface area contributed by atoms with Crippen molar-refractivity contribution in [2.24, 2.45) is 0 Å². The van der Waals surface area contributed by atoms with Gasteiger partial charge in [-0.25, -0.2) is 4.79 Å². The first kappa shape index (κ1) is 12.2. The highest BCUT2D eigenvalue weighted by Crippen LogP contribution is 2.34. The number of hydrogen-bond donors (Lipinski definition) is 1. The molecular formula is C11H9Cl2NO3. The number of benzene rings is 1. The average Bonchev–Trinajstić information content (AvgIpc) is 2.27. The van der Waals surface area contributed by atoms with E-state index in [1.807, 2.05) is 0 Å². The van der Waals surface area contributed by atoms with Crippen molar-refractivity contribution in [3.8, 4) is 0 Å². The Balaban J connectivity index is 2.54. The molecule has 2 rings (SSSR count). The molecule has 1 heterocycles. The van der Waals surface area contributed by atoms with Gasteiger partial charge in [-0.05, 0) is 23.6 Å². The second-order valence-electron chi connectivity index (χ2n) is 3.82. The zero-order valence-electron chi connectivity index (χ0n) is 8.74. The summed E-state index contributed by atoms with van der Waals surface area (Å²) >= 11 is 11.9. The van der Waals surface area contributed by atoms with Gasteiger partial charge in [-0.3, -0.25) is 4.79 Å². The van der Waals surface area contributed by atoms with Crippen LogP contribution in [-0.2, 0) is 17.8 Å². The summed E-state index contributed by atoms with van der Waals surface area (Å²) in [5.41, 5.74) is 1.52. The molecule has 0 atom stereocenters. The fraction of sp³-hybridized carbons (Fsp3) is 0.273. The summed E-state index contributed by atoms with van der Waals surface area (Å²) in [6.07, 6.45) is 1.31. The van der Waals surface area contributed by atoms with Crippen molar-refractivity contribution < 1.29 is 14.7 Å². The number of fused-ring (bicyclic) bond motifs is 1. The van der Waals surface area contributed by atoms with Crippen molar-refractivity contribution in [2.75, 3.05) is 6.54 Å². The predicted octanol–water partition coefficient (Wildman–Crippen LogP) is 2.21. The summed E-state index contributed by atoms with van der Waals surface area (Å²) in [4.78, 5) is 23.3. The Labute approximate surface area is 108 Å². The first-order valence-corrected chi connectivity index (χ1v) is 5.72. The number of aromatic carboxylic acids is 1. The van der Waals surface area contributed by atoms with E-state index in [-0.39, 0.29) is 15.6 Å². The number of carboxylic acid groups (broad SMARTS) is 1. The van der Waals surface area contributed by atoms with Gasteiger partial charge < -0.3 is 10.0 Å². The van der Waals surface area contributed by atoms with Crippen molar-refractivity contribution in [3.63, 3.8) is 0 Å². The van der Waals surface area contributed by atoms with Crippen LogP contribution >= 0.6 is 23.2 Å². The molecular weight excluding hydrogens is 265 g/mol. The minimum Gasteiger partial charge on any atom is -0.478 e. The van der Waals surface area contributed by atoms with E-state index in [0.717, 1.165) is 17.5 Å². The first-order chi connectivity index (χ1) is 8.04. The Kier molecular flexibility index (Phi) is 3.26. The molecule has 1 aliphatic rings. The molecule has 0 fully saturated rings. The van der Waals surface area contributed by atoms with Crippen molar-refractivity contribution in [1.82, 2.24) is 4.90 Å². The third-order valence-electron chi connectivity index (χ3n) is 2.80. The molecule has 6 heteroatoms. The molecule has 0 saturated heterocycles. The lowest BCUT2D eigenvalue weighted by atomic mass is 9.97. The zero-order chi connectivity index (χ0) is 12.6. The molecule has 1 amide bonds. The minimum absolute atomic E-state index is 0.0633. The number of halogens is 2. The minimum atomic E-state index is -1.14. The Bertz CT molecular complexity index is 502. The van der Waals surface area contributed by atoms with Crippen molar-refractivity contribution >= 4 is 35.6 Å². The molecule has 4 nitrogen and oxygen atoms in total. The van der Waals surface area contributed by atoms with E-state index in [4.69, 9.17) is 28.3 Å². The van der Waals surface area contributed by atoms with Crippen LogP contribution in [0, 0.1) is 0 Å². The van der Waals surface area contributed by atoms with E-state index in [1.165, 1.54) is 0 Å². The summed E-state index contributed by atoms with van der Waals surface area (Å²) in [7, 11) is 0. The number of carboxylic acids is 1. The number of nitrogens with zero attached hydrogens (tertiary/aromatic N) is 1. The number of amides is 1. The lowest BCUT2D eigenvalue weighted by Crippen LogP contribution is -2.29. The van der Waals surface area contributed by atoms with E-state index >= 15 is 0 Å². The molecule has 1 aromatic rings. The third kappa shape index (κ3) is 2.10.